The summed E-state index contributed by atoms with van der Waals surface area (Å²) in [5.74, 6) is -1.43. The highest BCUT2D eigenvalue weighted by Crippen LogP contribution is 2.43. The minimum atomic E-state index is -0.950. The number of anilines is 1. The van der Waals surface area contributed by atoms with Crippen LogP contribution in [0.5, 0.6) is 5.75 Å². The molecule has 4 aromatic rings. The molecule has 8 nitrogen and oxygen atoms in total. The van der Waals surface area contributed by atoms with E-state index in [1.54, 1.807) is 31.2 Å². The molecule has 0 saturated carbocycles. The van der Waals surface area contributed by atoms with Gasteiger partial charge in [-0.15, -0.1) is 0 Å². The first kappa shape index (κ1) is 24.4. The second-order valence-electron chi connectivity index (χ2n) is 8.20. The van der Waals surface area contributed by atoms with Crippen molar-refractivity contribution in [1.82, 2.24) is 4.98 Å². The van der Waals surface area contributed by atoms with Gasteiger partial charge in [0.1, 0.15) is 28.6 Å². The van der Waals surface area contributed by atoms with E-state index >= 15 is 0 Å². The van der Waals surface area contributed by atoms with Crippen molar-refractivity contribution in [1.29, 1.82) is 0 Å². The summed E-state index contributed by atoms with van der Waals surface area (Å²) >= 11 is 0.965. The van der Waals surface area contributed by atoms with E-state index in [4.69, 9.17) is 13.9 Å². The number of amides is 1. The first-order chi connectivity index (χ1) is 17.8. The SMILES string of the molecule is C=CCOC(=O)c1sc(N2C(=O)c3oc4ccc(F)cc4c(=O)c3C2c2cccc(OCC)c2)nc1C. The average Bonchev–Trinajstić information content (AvgIpc) is 3.41. The minimum Gasteiger partial charge on any atom is -0.494 e. The lowest BCUT2D eigenvalue weighted by molar-refractivity contribution is 0.0554. The van der Waals surface area contributed by atoms with E-state index in [1.165, 1.54) is 17.0 Å². The summed E-state index contributed by atoms with van der Waals surface area (Å²) in [4.78, 5) is 45.9. The molecule has 0 radical (unpaired) electrons. The van der Waals surface area contributed by atoms with Crippen LogP contribution in [0.1, 0.15) is 50.0 Å². The van der Waals surface area contributed by atoms with Crippen molar-refractivity contribution in [3.8, 4) is 5.75 Å². The summed E-state index contributed by atoms with van der Waals surface area (Å²) in [6.07, 6.45) is 1.45. The van der Waals surface area contributed by atoms with Crippen LogP contribution in [0.15, 0.2) is 64.3 Å². The number of aryl methyl sites for hydroxylation is 1. The quantitative estimate of drug-likeness (QED) is 0.244. The molecule has 37 heavy (non-hydrogen) atoms. The van der Waals surface area contributed by atoms with Crippen LogP contribution in [0.25, 0.3) is 11.0 Å². The van der Waals surface area contributed by atoms with Crippen molar-refractivity contribution in [2.75, 3.05) is 18.1 Å². The van der Waals surface area contributed by atoms with E-state index in [2.05, 4.69) is 11.6 Å². The molecular formula is C27H21FN2O6S. The van der Waals surface area contributed by atoms with Crippen LogP contribution in [0.2, 0.25) is 0 Å². The van der Waals surface area contributed by atoms with Gasteiger partial charge in [-0.2, -0.15) is 0 Å². The number of hydrogen-bond donors (Lipinski definition) is 0. The zero-order chi connectivity index (χ0) is 26.3. The summed E-state index contributed by atoms with van der Waals surface area (Å²) in [5, 5.41) is 0.198. The third kappa shape index (κ3) is 4.19. The Kier molecular flexibility index (Phi) is 6.34. The maximum atomic E-state index is 14.0. The van der Waals surface area contributed by atoms with Crippen molar-refractivity contribution in [2.24, 2.45) is 0 Å². The smallest absolute Gasteiger partial charge is 0.350 e. The number of fused-ring (bicyclic) bond motifs is 2. The molecule has 10 heteroatoms. The van der Waals surface area contributed by atoms with Crippen LogP contribution >= 0.6 is 11.3 Å². The first-order valence-corrected chi connectivity index (χ1v) is 12.2. The highest BCUT2D eigenvalue weighted by molar-refractivity contribution is 7.17. The molecule has 1 aliphatic heterocycles. The van der Waals surface area contributed by atoms with Gasteiger partial charge in [-0.25, -0.2) is 14.2 Å². The van der Waals surface area contributed by atoms with Crippen molar-refractivity contribution in [3.05, 3.63) is 98.6 Å². The third-order valence-electron chi connectivity index (χ3n) is 5.83. The van der Waals surface area contributed by atoms with Crippen LogP contribution in [0, 0.1) is 12.7 Å². The highest BCUT2D eigenvalue weighted by Gasteiger charge is 2.45. The lowest BCUT2D eigenvalue weighted by Crippen LogP contribution is -2.29. The Morgan fingerprint density at radius 1 is 1.27 bits per heavy atom. The number of carbonyl (C=O) groups excluding carboxylic acids is 2. The Balaban J connectivity index is 1.72. The maximum absolute atomic E-state index is 14.0. The Labute approximate surface area is 214 Å². The van der Waals surface area contributed by atoms with Gasteiger partial charge in [0.15, 0.2) is 10.6 Å². The van der Waals surface area contributed by atoms with Crippen LogP contribution in [0.3, 0.4) is 0 Å². The molecule has 0 N–H and O–H groups in total. The summed E-state index contributed by atoms with van der Waals surface area (Å²) in [6, 6.07) is 9.58. The van der Waals surface area contributed by atoms with Gasteiger partial charge in [-0.1, -0.05) is 36.1 Å². The fourth-order valence-electron chi connectivity index (χ4n) is 4.27. The lowest BCUT2D eigenvalue weighted by atomic mass is 9.98. The van der Waals surface area contributed by atoms with E-state index in [9.17, 15) is 18.8 Å². The number of aromatic nitrogens is 1. The molecule has 0 aliphatic carbocycles. The number of nitrogens with zero attached hydrogens (tertiary/aromatic N) is 2. The second-order valence-corrected chi connectivity index (χ2v) is 9.17. The average molecular weight is 521 g/mol. The number of hydrogen-bond acceptors (Lipinski definition) is 8. The van der Waals surface area contributed by atoms with Gasteiger partial charge in [0.25, 0.3) is 5.91 Å². The third-order valence-corrected chi connectivity index (χ3v) is 6.96. The number of benzene rings is 2. The van der Waals surface area contributed by atoms with Gasteiger partial charge in [0.2, 0.25) is 5.76 Å². The van der Waals surface area contributed by atoms with Gasteiger partial charge in [0, 0.05) is 0 Å². The molecule has 2 aromatic carbocycles. The van der Waals surface area contributed by atoms with E-state index in [0.717, 1.165) is 23.5 Å². The summed E-state index contributed by atoms with van der Waals surface area (Å²) in [6.45, 7) is 7.44. The van der Waals surface area contributed by atoms with E-state index in [-0.39, 0.29) is 38.9 Å². The summed E-state index contributed by atoms with van der Waals surface area (Å²) in [7, 11) is 0. The molecule has 1 aliphatic rings. The van der Waals surface area contributed by atoms with Crippen molar-refractivity contribution in [2.45, 2.75) is 19.9 Å². The van der Waals surface area contributed by atoms with Crippen LogP contribution < -0.4 is 15.1 Å². The number of thiazole rings is 1. The van der Waals surface area contributed by atoms with Crippen LogP contribution in [-0.2, 0) is 4.74 Å². The van der Waals surface area contributed by atoms with Crippen molar-refractivity contribution >= 4 is 39.3 Å². The Morgan fingerprint density at radius 2 is 2.08 bits per heavy atom. The predicted octanol–water partition coefficient (Wildman–Crippen LogP) is 5.19. The highest BCUT2D eigenvalue weighted by atomic mass is 32.1. The molecule has 1 unspecified atom stereocenters. The second kappa shape index (κ2) is 9.62. The molecule has 1 amide bonds. The topological polar surface area (TPSA) is 98.9 Å². The van der Waals surface area contributed by atoms with Crippen molar-refractivity contribution in [3.63, 3.8) is 0 Å². The largest absolute Gasteiger partial charge is 0.494 e. The Bertz CT molecular complexity index is 1630. The first-order valence-electron chi connectivity index (χ1n) is 11.4. The van der Waals surface area contributed by atoms with E-state index in [1.807, 2.05) is 6.92 Å². The van der Waals surface area contributed by atoms with E-state index < -0.39 is 29.2 Å². The Hall–Kier alpha value is -4.31. The van der Waals surface area contributed by atoms with Crippen LogP contribution in [-0.4, -0.2) is 30.1 Å². The summed E-state index contributed by atoms with van der Waals surface area (Å²) in [5.41, 5.74) is 0.541. The number of rotatable bonds is 7. The Morgan fingerprint density at radius 3 is 2.84 bits per heavy atom. The van der Waals surface area contributed by atoms with Crippen LogP contribution in [0.4, 0.5) is 9.52 Å². The molecule has 188 valence electrons. The molecule has 0 bridgehead atoms. The lowest BCUT2D eigenvalue weighted by Gasteiger charge is -2.23. The molecule has 5 rings (SSSR count). The number of esters is 1. The standard InChI is InChI=1S/C27H21FN2O6S/c1-4-11-35-26(33)24-14(3)29-27(37-24)30-21(15-7-6-8-17(12-15)34-5-2)20-22(31)18-13-16(28)9-10-19(18)36-23(20)25(30)32/h4,6-10,12-13,21H,1,5,11H2,2-3H3. The van der Waals surface area contributed by atoms with Gasteiger partial charge >= 0.3 is 5.97 Å². The number of carbonyl (C=O) groups is 2. The van der Waals surface area contributed by atoms with Gasteiger partial charge < -0.3 is 13.9 Å². The molecule has 0 saturated heterocycles. The monoisotopic (exact) mass is 520 g/mol. The fraction of sp³-hybridized carbons (Fsp3) is 0.185. The minimum absolute atomic E-state index is 0.0170. The maximum Gasteiger partial charge on any atom is 0.350 e. The van der Waals surface area contributed by atoms with Crippen molar-refractivity contribution < 1.29 is 27.9 Å². The summed E-state index contributed by atoms with van der Waals surface area (Å²) < 4.78 is 30.7. The van der Waals surface area contributed by atoms with Gasteiger partial charge in [-0.3, -0.25) is 14.5 Å². The zero-order valence-corrected chi connectivity index (χ0v) is 20.8. The number of ether oxygens (including phenoxy) is 2. The molecule has 2 aromatic heterocycles. The molecule has 1 atom stereocenters. The molecule has 3 heterocycles. The predicted molar refractivity (Wildman–Crippen MR) is 136 cm³/mol. The van der Waals surface area contributed by atoms with Gasteiger partial charge in [0.05, 0.1) is 29.3 Å². The van der Waals surface area contributed by atoms with E-state index in [0.29, 0.717) is 23.6 Å². The number of halogens is 1. The van der Waals surface area contributed by atoms with Gasteiger partial charge in [-0.05, 0) is 49.7 Å². The molecule has 0 spiro atoms. The normalized spacial score (nSPS) is 14.6. The fourth-order valence-corrected chi connectivity index (χ4v) is 5.26. The molecule has 0 fully saturated rings. The zero-order valence-electron chi connectivity index (χ0n) is 19.9. The molecular weight excluding hydrogens is 499 g/mol.